The highest BCUT2D eigenvalue weighted by Crippen LogP contribution is 2.29. The van der Waals surface area contributed by atoms with Crippen molar-refractivity contribution in [2.75, 3.05) is 0 Å². The maximum Gasteiger partial charge on any atom is 0.306 e. The van der Waals surface area contributed by atoms with E-state index in [1.807, 2.05) is 36.5 Å². The Morgan fingerprint density at radius 2 is 2.00 bits per heavy atom. The highest BCUT2D eigenvalue weighted by molar-refractivity contribution is 5.80. The van der Waals surface area contributed by atoms with Crippen molar-refractivity contribution in [2.24, 2.45) is 11.8 Å². The largest absolute Gasteiger partial charge is 0.481 e. The van der Waals surface area contributed by atoms with Gasteiger partial charge in [-0.3, -0.25) is 9.59 Å². The molecule has 3 rings (SSSR count). The van der Waals surface area contributed by atoms with Crippen molar-refractivity contribution in [1.82, 2.24) is 15.1 Å². The Bertz CT molecular complexity index is 712. The van der Waals surface area contributed by atoms with Gasteiger partial charge in [-0.2, -0.15) is 5.10 Å². The van der Waals surface area contributed by atoms with Gasteiger partial charge in [0.1, 0.15) is 0 Å². The summed E-state index contributed by atoms with van der Waals surface area (Å²) in [6, 6.07) is 9.62. The second-order valence-corrected chi connectivity index (χ2v) is 6.20. The van der Waals surface area contributed by atoms with Gasteiger partial charge in [-0.25, -0.2) is 4.68 Å². The first kappa shape index (κ1) is 16.2. The van der Waals surface area contributed by atoms with E-state index >= 15 is 0 Å². The van der Waals surface area contributed by atoms with Crippen LogP contribution in [0.25, 0.3) is 5.69 Å². The average Bonchev–Trinajstić information content (AvgIpc) is 3.14. The fourth-order valence-corrected chi connectivity index (χ4v) is 3.27. The summed E-state index contributed by atoms with van der Waals surface area (Å²) in [7, 11) is 0. The van der Waals surface area contributed by atoms with Gasteiger partial charge in [0.2, 0.25) is 5.91 Å². The normalized spacial score (nSPS) is 20.5. The summed E-state index contributed by atoms with van der Waals surface area (Å²) in [6.07, 6.45) is 6.22. The lowest BCUT2D eigenvalue weighted by Crippen LogP contribution is -2.35. The molecule has 0 aliphatic heterocycles. The average molecular weight is 327 g/mol. The Balaban J connectivity index is 1.64. The number of aromatic nitrogens is 2. The Hall–Kier alpha value is -2.63. The molecule has 1 aliphatic rings. The summed E-state index contributed by atoms with van der Waals surface area (Å²) in [5, 5.41) is 16.3. The number of rotatable bonds is 5. The first-order valence-electron chi connectivity index (χ1n) is 8.23. The molecular formula is C18H21N3O3. The Kier molecular flexibility index (Phi) is 4.93. The predicted molar refractivity (Wildman–Crippen MR) is 88.5 cm³/mol. The summed E-state index contributed by atoms with van der Waals surface area (Å²) in [6.45, 7) is 0.406. The van der Waals surface area contributed by atoms with E-state index in [-0.39, 0.29) is 11.8 Å². The SMILES string of the molecule is O=C(O)C1CCCC(C(=O)NCc2ccccc2-n2cccn2)C1. The Morgan fingerprint density at radius 1 is 1.21 bits per heavy atom. The van der Waals surface area contributed by atoms with Crippen LogP contribution < -0.4 is 5.32 Å². The molecule has 0 bridgehead atoms. The first-order chi connectivity index (χ1) is 11.6. The van der Waals surface area contributed by atoms with E-state index in [1.54, 1.807) is 10.9 Å². The second kappa shape index (κ2) is 7.29. The first-order valence-corrected chi connectivity index (χ1v) is 8.23. The predicted octanol–water partition coefficient (Wildman–Crippen LogP) is 2.38. The van der Waals surface area contributed by atoms with Crippen LogP contribution in [0.3, 0.4) is 0 Å². The monoisotopic (exact) mass is 327 g/mol. The van der Waals surface area contributed by atoms with Gasteiger partial charge in [0, 0.05) is 24.9 Å². The third kappa shape index (κ3) is 3.64. The van der Waals surface area contributed by atoms with Gasteiger partial charge >= 0.3 is 5.97 Å². The fraction of sp³-hybridized carbons (Fsp3) is 0.389. The van der Waals surface area contributed by atoms with Crippen molar-refractivity contribution in [3.8, 4) is 5.69 Å². The van der Waals surface area contributed by atoms with E-state index in [0.717, 1.165) is 24.1 Å². The van der Waals surface area contributed by atoms with Crippen LogP contribution in [0.2, 0.25) is 0 Å². The number of carbonyl (C=O) groups excluding carboxylic acids is 1. The molecule has 1 aliphatic carbocycles. The van der Waals surface area contributed by atoms with Crippen LogP contribution in [0.15, 0.2) is 42.7 Å². The molecule has 24 heavy (non-hydrogen) atoms. The molecule has 6 heteroatoms. The highest BCUT2D eigenvalue weighted by atomic mass is 16.4. The van der Waals surface area contributed by atoms with Gasteiger partial charge in [0.15, 0.2) is 0 Å². The zero-order valence-corrected chi connectivity index (χ0v) is 13.4. The number of aliphatic carboxylic acids is 1. The molecule has 1 saturated carbocycles. The minimum atomic E-state index is -0.795. The third-order valence-electron chi connectivity index (χ3n) is 4.59. The van der Waals surface area contributed by atoms with Crippen LogP contribution >= 0.6 is 0 Å². The lowest BCUT2D eigenvalue weighted by molar-refractivity contribution is -0.144. The van der Waals surface area contributed by atoms with Crippen LogP contribution in [0.1, 0.15) is 31.2 Å². The summed E-state index contributed by atoms with van der Waals surface area (Å²) in [5.41, 5.74) is 1.90. The van der Waals surface area contributed by atoms with Gasteiger partial charge in [0.05, 0.1) is 11.6 Å². The second-order valence-electron chi connectivity index (χ2n) is 6.20. The van der Waals surface area contributed by atoms with Crippen molar-refractivity contribution in [1.29, 1.82) is 0 Å². The molecule has 2 N–H and O–H groups in total. The van der Waals surface area contributed by atoms with Crippen molar-refractivity contribution in [2.45, 2.75) is 32.2 Å². The van der Waals surface area contributed by atoms with Crippen molar-refractivity contribution in [3.63, 3.8) is 0 Å². The topological polar surface area (TPSA) is 84.2 Å². The number of carbonyl (C=O) groups is 2. The zero-order chi connectivity index (χ0) is 16.9. The standard InChI is InChI=1S/C18H21N3O3/c22-17(13-6-3-7-14(11-13)18(23)24)19-12-15-5-1-2-8-16(15)21-10-4-9-20-21/h1-2,4-5,8-10,13-14H,3,6-7,11-12H2,(H,19,22)(H,23,24). The van der Waals surface area contributed by atoms with E-state index < -0.39 is 11.9 Å². The molecule has 1 amide bonds. The number of amides is 1. The van der Waals surface area contributed by atoms with Gasteiger partial charge in [-0.15, -0.1) is 0 Å². The molecule has 126 valence electrons. The molecular weight excluding hydrogens is 306 g/mol. The van der Waals surface area contributed by atoms with Crippen LogP contribution in [0.4, 0.5) is 0 Å². The molecule has 2 atom stereocenters. The molecule has 0 spiro atoms. The lowest BCUT2D eigenvalue weighted by Gasteiger charge is -2.25. The Labute approximate surface area is 140 Å². The molecule has 2 aromatic rings. The van der Waals surface area contributed by atoms with Gasteiger partial charge in [0.25, 0.3) is 0 Å². The Morgan fingerprint density at radius 3 is 2.75 bits per heavy atom. The van der Waals surface area contributed by atoms with E-state index in [1.165, 1.54) is 0 Å². The molecule has 1 heterocycles. The van der Waals surface area contributed by atoms with E-state index in [4.69, 9.17) is 5.11 Å². The molecule has 0 saturated heterocycles. The maximum absolute atomic E-state index is 12.4. The molecule has 1 aromatic carbocycles. The van der Waals surface area contributed by atoms with Crippen LogP contribution in [-0.4, -0.2) is 26.8 Å². The number of nitrogens with one attached hydrogen (secondary N) is 1. The fourth-order valence-electron chi connectivity index (χ4n) is 3.27. The van der Waals surface area contributed by atoms with Crippen LogP contribution in [0, 0.1) is 11.8 Å². The molecule has 1 aromatic heterocycles. The van der Waals surface area contributed by atoms with Crippen molar-refractivity contribution >= 4 is 11.9 Å². The zero-order valence-electron chi connectivity index (χ0n) is 13.4. The van der Waals surface area contributed by atoms with Gasteiger partial charge in [-0.05, 0) is 37.0 Å². The number of hydrogen-bond donors (Lipinski definition) is 2. The van der Waals surface area contributed by atoms with E-state index in [2.05, 4.69) is 10.4 Å². The van der Waals surface area contributed by atoms with Crippen molar-refractivity contribution in [3.05, 3.63) is 48.3 Å². The number of carboxylic acids is 1. The maximum atomic E-state index is 12.4. The van der Waals surface area contributed by atoms with Gasteiger partial charge < -0.3 is 10.4 Å². The molecule has 0 radical (unpaired) electrons. The smallest absolute Gasteiger partial charge is 0.306 e. The van der Waals surface area contributed by atoms with Crippen molar-refractivity contribution < 1.29 is 14.7 Å². The number of nitrogens with zero attached hydrogens (tertiary/aromatic N) is 2. The molecule has 2 unspecified atom stereocenters. The molecule has 1 fully saturated rings. The van der Waals surface area contributed by atoms with E-state index in [9.17, 15) is 9.59 Å². The minimum absolute atomic E-state index is 0.0591. The van der Waals surface area contributed by atoms with Crippen LogP contribution in [-0.2, 0) is 16.1 Å². The van der Waals surface area contributed by atoms with Gasteiger partial charge in [-0.1, -0.05) is 24.6 Å². The summed E-state index contributed by atoms with van der Waals surface area (Å²) in [4.78, 5) is 23.5. The highest BCUT2D eigenvalue weighted by Gasteiger charge is 2.30. The third-order valence-corrected chi connectivity index (χ3v) is 4.59. The lowest BCUT2D eigenvalue weighted by atomic mass is 9.81. The summed E-state index contributed by atoms with van der Waals surface area (Å²) < 4.78 is 1.77. The number of carboxylic acid groups (broad SMARTS) is 1. The summed E-state index contributed by atoms with van der Waals surface area (Å²) >= 11 is 0. The quantitative estimate of drug-likeness (QED) is 0.883. The number of benzene rings is 1. The van der Waals surface area contributed by atoms with Crippen LogP contribution in [0.5, 0.6) is 0 Å². The number of hydrogen-bond acceptors (Lipinski definition) is 3. The number of para-hydroxylation sites is 1. The molecule has 6 nitrogen and oxygen atoms in total. The summed E-state index contributed by atoms with van der Waals surface area (Å²) in [5.74, 6) is -1.46. The van der Waals surface area contributed by atoms with E-state index in [0.29, 0.717) is 19.4 Å². The minimum Gasteiger partial charge on any atom is -0.481 e.